The number of carboxylic acids is 1. The molecule has 0 radical (unpaired) electrons. The van der Waals surface area contributed by atoms with Gasteiger partial charge in [0.15, 0.2) is 0 Å². The lowest BCUT2D eigenvalue weighted by Gasteiger charge is -2.11. The molecule has 0 saturated carbocycles. The first kappa shape index (κ1) is 15.3. The molecule has 2 N–H and O–H groups in total. The highest BCUT2D eigenvalue weighted by Crippen LogP contribution is 2.23. The average Bonchev–Trinajstić information content (AvgIpc) is 2.37. The number of hydrogen-bond donors (Lipinski definition) is 2. The molecule has 2 rings (SSSR count). The van der Waals surface area contributed by atoms with Crippen LogP contribution < -0.4 is 4.72 Å². The van der Waals surface area contributed by atoms with E-state index in [1.165, 1.54) is 30.3 Å². The van der Waals surface area contributed by atoms with Crippen molar-refractivity contribution in [1.29, 1.82) is 0 Å². The van der Waals surface area contributed by atoms with E-state index in [0.29, 0.717) is 0 Å². The second kappa shape index (κ2) is 5.71. The van der Waals surface area contributed by atoms with E-state index in [2.05, 4.69) is 0 Å². The van der Waals surface area contributed by atoms with Gasteiger partial charge >= 0.3 is 5.97 Å². The third-order valence-corrected chi connectivity index (χ3v) is 4.18. The molecule has 0 fully saturated rings. The van der Waals surface area contributed by atoms with Gasteiger partial charge in [0.2, 0.25) is 0 Å². The van der Waals surface area contributed by atoms with E-state index in [1.54, 1.807) is 0 Å². The van der Waals surface area contributed by atoms with Gasteiger partial charge in [-0.3, -0.25) is 4.72 Å². The Kier molecular flexibility index (Phi) is 4.15. The number of nitrogens with one attached hydrogen (secondary N) is 1. The van der Waals surface area contributed by atoms with E-state index in [0.717, 1.165) is 12.1 Å². The van der Waals surface area contributed by atoms with Crippen LogP contribution in [0.25, 0.3) is 0 Å². The van der Waals surface area contributed by atoms with E-state index >= 15 is 0 Å². The number of hydrogen-bond acceptors (Lipinski definition) is 3. The van der Waals surface area contributed by atoms with Gasteiger partial charge in [-0.25, -0.2) is 17.6 Å². The highest BCUT2D eigenvalue weighted by Gasteiger charge is 2.21. The number of carbonyl (C=O) groups is 1. The Morgan fingerprint density at radius 2 is 1.86 bits per heavy atom. The first-order chi connectivity index (χ1) is 9.81. The lowest BCUT2D eigenvalue weighted by molar-refractivity contribution is 0.0693. The Morgan fingerprint density at radius 3 is 2.48 bits per heavy atom. The number of aromatic carboxylic acids is 1. The number of halogens is 2. The number of carboxylic acid groups (broad SMARTS) is 1. The molecule has 0 spiro atoms. The quantitative estimate of drug-likeness (QED) is 0.903. The largest absolute Gasteiger partial charge is 0.478 e. The van der Waals surface area contributed by atoms with Crippen molar-refractivity contribution in [1.82, 2.24) is 0 Å². The van der Waals surface area contributed by atoms with Crippen LogP contribution in [0.1, 0.15) is 10.4 Å². The summed E-state index contributed by atoms with van der Waals surface area (Å²) in [4.78, 5) is 10.9. The van der Waals surface area contributed by atoms with E-state index in [1.807, 2.05) is 4.72 Å². The maximum absolute atomic E-state index is 13.5. The second-order valence-electron chi connectivity index (χ2n) is 4.03. The zero-order valence-corrected chi connectivity index (χ0v) is 12.0. The SMILES string of the molecule is O=C(O)c1c(F)cccc1NS(=O)(=O)c1cccc(Cl)c1. The van der Waals surface area contributed by atoms with Crippen molar-refractivity contribution in [2.24, 2.45) is 0 Å². The van der Waals surface area contributed by atoms with Crippen LogP contribution >= 0.6 is 11.6 Å². The van der Waals surface area contributed by atoms with Gasteiger partial charge in [-0.05, 0) is 30.3 Å². The summed E-state index contributed by atoms with van der Waals surface area (Å²) in [5.74, 6) is -2.61. The van der Waals surface area contributed by atoms with Crippen LogP contribution in [0.15, 0.2) is 47.4 Å². The molecule has 5 nitrogen and oxygen atoms in total. The zero-order valence-electron chi connectivity index (χ0n) is 10.4. The smallest absolute Gasteiger partial charge is 0.340 e. The van der Waals surface area contributed by atoms with Crippen LogP contribution in [0.2, 0.25) is 5.02 Å². The third-order valence-electron chi connectivity index (χ3n) is 2.58. The van der Waals surface area contributed by atoms with Crippen molar-refractivity contribution < 1.29 is 22.7 Å². The molecule has 0 atom stereocenters. The molecular weight excluding hydrogens is 321 g/mol. The summed E-state index contributed by atoms with van der Waals surface area (Å²) in [6.07, 6.45) is 0. The van der Waals surface area contributed by atoms with Gasteiger partial charge in [0.25, 0.3) is 10.0 Å². The minimum absolute atomic E-state index is 0.157. The first-order valence-corrected chi connectivity index (χ1v) is 7.47. The molecule has 0 heterocycles. The molecule has 0 aliphatic carbocycles. The fourth-order valence-electron chi connectivity index (χ4n) is 1.66. The van der Waals surface area contributed by atoms with Crippen LogP contribution in [0.3, 0.4) is 0 Å². The van der Waals surface area contributed by atoms with E-state index in [-0.39, 0.29) is 15.6 Å². The molecule has 0 aromatic heterocycles. The Bertz CT molecular complexity index is 808. The Morgan fingerprint density at radius 1 is 1.19 bits per heavy atom. The molecule has 8 heteroatoms. The van der Waals surface area contributed by atoms with E-state index in [9.17, 15) is 17.6 Å². The number of rotatable bonds is 4. The van der Waals surface area contributed by atoms with Gasteiger partial charge in [-0.2, -0.15) is 0 Å². The Labute approximate surface area is 125 Å². The molecule has 0 bridgehead atoms. The minimum Gasteiger partial charge on any atom is -0.478 e. The molecule has 110 valence electrons. The van der Waals surface area contributed by atoms with Crippen LogP contribution in [0, 0.1) is 5.82 Å². The van der Waals surface area contributed by atoms with Crippen LogP contribution in [-0.4, -0.2) is 19.5 Å². The summed E-state index contributed by atoms with van der Waals surface area (Å²) < 4.78 is 39.9. The third kappa shape index (κ3) is 3.32. The highest BCUT2D eigenvalue weighted by atomic mass is 35.5. The molecule has 0 aliphatic rings. The predicted molar refractivity (Wildman–Crippen MR) is 75.6 cm³/mol. The molecule has 21 heavy (non-hydrogen) atoms. The molecule has 2 aromatic rings. The Balaban J connectivity index is 2.47. The molecule has 0 unspecified atom stereocenters. The average molecular weight is 330 g/mol. The number of sulfonamides is 1. The minimum atomic E-state index is -4.07. The molecule has 0 aliphatic heterocycles. The fourth-order valence-corrected chi connectivity index (χ4v) is 3.04. The fraction of sp³-hybridized carbons (Fsp3) is 0. The lowest BCUT2D eigenvalue weighted by Crippen LogP contribution is -2.16. The van der Waals surface area contributed by atoms with Crippen LogP contribution in [0.5, 0.6) is 0 Å². The maximum atomic E-state index is 13.5. The molecule has 2 aromatic carbocycles. The van der Waals surface area contributed by atoms with Crippen LogP contribution in [0.4, 0.5) is 10.1 Å². The van der Waals surface area contributed by atoms with Gasteiger partial charge < -0.3 is 5.11 Å². The topological polar surface area (TPSA) is 83.5 Å². The maximum Gasteiger partial charge on any atom is 0.340 e. The predicted octanol–water partition coefficient (Wildman–Crippen LogP) is 2.98. The second-order valence-corrected chi connectivity index (χ2v) is 6.15. The summed E-state index contributed by atoms with van der Waals surface area (Å²) in [5, 5.41) is 9.17. The van der Waals surface area contributed by atoms with Crippen molar-refractivity contribution in [2.75, 3.05) is 4.72 Å². The summed E-state index contributed by atoms with van der Waals surface area (Å²) >= 11 is 5.71. The normalized spacial score (nSPS) is 11.1. The number of benzene rings is 2. The summed E-state index contributed by atoms with van der Waals surface area (Å²) in [6, 6.07) is 8.70. The highest BCUT2D eigenvalue weighted by molar-refractivity contribution is 7.92. The summed E-state index contributed by atoms with van der Waals surface area (Å²) in [7, 11) is -4.07. The zero-order chi connectivity index (χ0) is 15.6. The molecule has 0 saturated heterocycles. The summed E-state index contributed by atoms with van der Waals surface area (Å²) in [6.45, 7) is 0. The van der Waals surface area contributed by atoms with Crippen molar-refractivity contribution in [3.8, 4) is 0 Å². The monoisotopic (exact) mass is 329 g/mol. The van der Waals surface area contributed by atoms with Crippen molar-refractivity contribution in [2.45, 2.75) is 4.90 Å². The molecule has 0 amide bonds. The van der Waals surface area contributed by atoms with Crippen molar-refractivity contribution in [3.05, 3.63) is 58.9 Å². The standard InChI is InChI=1S/C13H9ClFNO4S/c14-8-3-1-4-9(7-8)21(19,20)16-11-6-2-5-10(15)12(11)13(17)18/h1-7,16H,(H,17,18). The number of anilines is 1. The van der Waals surface area contributed by atoms with Gasteiger partial charge in [-0.15, -0.1) is 0 Å². The van der Waals surface area contributed by atoms with Gasteiger partial charge in [0.05, 0.1) is 10.6 Å². The van der Waals surface area contributed by atoms with Crippen molar-refractivity contribution in [3.63, 3.8) is 0 Å². The van der Waals surface area contributed by atoms with Gasteiger partial charge in [0, 0.05) is 5.02 Å². The Hall–Kier alpha value is -2.12. The van der Waals surface area contributed by atoms with Crippen LogP contribution in [-0.2, 0) is 10.0 Å². The van der Waals surface area contributed by atoms with Gasteiger partial charge in [0.1, 0.15) is 11.4 Å². The van der Waals surface area contributed by atoms with Crippen molar-refractivity contribution >= 4 is 33.3 Å². The first-order valence-electron chi connectivity index (χ1n) is 5.61. The lowest BCUT2D eigenvalue weighted by atomic mass is 10.2. The van der Waals surface area contributed by atoms with E-state index in [4.69, 9.17) is 16.7 Å². The molecular formula is C13H9ClFNO4S. The van der Waals surface area contributed by atoms with Gasteiger partial charge in [-0.1, -0.05) is 23.7 Å². The van der Waals surface area contributed by atoms with E-state index < -0.39 is 27.4 Å². The summed E-state index contributed by atoms with van der Waals surface area (Å²) in [5.41, 5.74) is -1.11.